The van der Waals surface area contributed by atoms with Gasteiger partial charge < -0.3 is 15.2 Å². The number of ether oxygens (including phenoxy) is 2. The fourth-order valence-electron chi connectivity index (χ4n) is 2.47. The van der Waals surface area contributed by atoms with Crippen molar-refractivity contribution in [2.75, 3.05) is 12.3 Å². The van der Waals surface area contributed by atoms with Crippen LogP contribution in [0.5, 0.6) is 17.2 Å². The Morgan fingerprint density at radius 1 is 1.03 bits per heavy atom. The van der Waals surface area contributed by atoms with Crippen LogP contribution in [0, 0.1) is 17.1 Å². The first-order valence-electron chi connectivity index (χ1n) is 10.2. The van der Waals surface area contributed by atoms with Crippen LogP contribution in [-0.2, 0) is 0 Å². The summed E-state index contributed by atoms with van der Waals surface area (Å²) in [5.74, 6) is 0.726. The lowest BCUT2D eigenvalue weighted by atomic mass is 10.1. The Labute approximate surface area is 177 Å². The van der Waals surface area contributed by atoms with Crippen molar-refractivity contribution in [1.29, 1.82) is 5.26 Å². The van der Waals surface area contributed by atoms with E-state index in [1.54, 1.807) is 30.5 Å². The second kappa shape index (κ2) is 11.6. The molecule has 0 saturated carbocycles. The van der Waals surface area contributed by atoms with Crippen LogP contribution in [0.15, 0.2) is 42.6 Å². The zero-order chi connectivity index (χ0) is 21.9. The molecule has 0 spiro atoms. The SMILES string of the molecule is CCCC.CCCCOc1cc2nccc(Oc3ccc(N)c(F)c3)c2cc1C#N. The molecule has 6 heteroatoms. The molecule has 0 radical (unpaired) electrons. The molecular weight excluding hydrogens is 381 g/mol. The maximum atomic E-state index is 13.6. The largest absolute Gasteiger partial charge is 0.492 e. The first kappa shape index (κ1) is 23.0. The third-order valence-corrected chi connectivity index (χ3v) is 4.38. The highest BCUT2D eigenvalue weighted by molar-refractivity contribution is 5.88. The minimum absolute atomic E-state index is 0.0533. The first-order chi connectivity index (χ1) is 14.5. The lowest BCUT2D eigenvalue weighted by molar-refractivity contribution is 0.309. The highest BCUT2D eigenvalue weighted by Crippen LogP contribution is 2.33. The van der Waals surface area contributed by atoms with Gasteiger partial charge in [0.05, 0.1) is 23.4 Å². The van der Waals surface area contributed by atoms with Gasteiger partial charge in [0.1, 0.15) is 29.1 Å². The number of hydrogen-bond donors (Lipinski definition) is 1. The lowest BCUT2D eigenvalue weighted by Crippen LogP contribution is -1.99. The van der Waals surface area contributed by atoms with E-state index in [9.17, 15) is 9.65 Å². The summed E-state index contributed by atoms with van der Waals surface area (Å²) in [6, 6.07) is 11.4. The second-order valence-corrected chi connectivity index (χ2v) is 6.77. The average molecular weight is 410 g/mol. The molecule has 0 atom stereocenters. The number of pyridine rings is 1. The van der Waals surface area contributed by atoms with E-state index in [0.29, 0.717) is 40.3 Å². The molecule has 0 bridgehead atoms. The summed E-state index contributed by atoms with van der Waals surface area (Å²) in [7, 11) is 0. The van der Waals surface area contributed by atoms with Crippen molar-refractivity contribution in [2.24, 2.45) is 0 Å². The molecule has 158 valence electrons. The molecule has 1 heterocycles. The van der Waals surface area contributed by atoms with Gasteiger partial charge in [-0.15, -0.1) is 0 Å². The molecule has 5 nitrogen and oxygen atoms in total. The molecule has 30 heavy (non-hydrogen) atoms. The Bertz CT molecular complexity index is 1010. The molecule has 0 amide bonds. The first-order valence-corrected chi connectivity index (χ1v) is 10.2. The number of nitriles is 1. The zero-order valence-electron chi connectivity index (χ0n) is 17.7. The molecule has 0 aliphatic carbocycles. The smallest absolute Gasteiger partial charge is 0.149 e. The van der Waals surface area contributed by atoms with Gasteiger partial charge in [-0.1, -0.05) is 40.0 Å². The standard InChI is InChI=1S/C20H18FN3O2.C4H10/c1-2-3-8-25-20-11-18-15(9-13(20)12-22)19(6-7-24-18)26-14-4-5-17(23)16(21)10-14;1-3-4-2/h4-7,9-11H,2-3,8,23H2,1H3;3-4H2,1-2H3. The van der Waals surface area contributed by atoms with E-state index in [1.165, 1.54) is 25.0 Å². The molecule has 0 unspecified atom stereocenters. The third kappa shape index (κ3) is 6.08. The molecule has 0 fully saturated rings. The average Bonchev–Trinajstić information content (AvgIpc) is 2.76. The van der Waals surface area contributed by atoms with Gasteiger partial charge in [0.15, 0.2) is 0 Å². The maximum Gasteiger partial charge on any atom is 0.149 e. The predicted molar refractivity (Wildman–Crippen MR) is 118 cm³/mol. The number of nitrogen functional groups attached to an aromatic ring is 1. The molecule has 1 aromatic heterocycles. The lowest BCUT2D eigenvalue weighted by Gasteiger charge is -2.12. The van der Waals surface area contributed by atoms with Crippen LogP contribution in [0.3, 0.4) is 0 Å². The van der Waals surface area contributed by atoms with E-state index in [4.69, 9.17) is 15.2 Å². The van der Waals surface area contributed by atoms with Crippen molar-refractivity contribution in [2.45, 2.75) is 46.5 Å². The predicted octanol–water partition coefficient (Wildman–Crippen LogP) is 6.61. The van der Waals surface area contributed by atoms with Gasteiger partial charge in [-0.25, -0.2) is 4.39 Å². The molecule has 0 aliphatic rings. The van der Waals surface area contributed by atoms with Crippen LogP contribution in [0.2, 0.25) is 0 Å². The topological polar surface area (TPSA) is 81.2 Å². The van der Waals surface area contributed by atoms with E-state index >= 15 is 0 Å². The molecule has 3 rings (SSSR count). The van der Waals surface area contributed by atoms with Gasteiger partial charge >= 0.3 is 0 Å². The van der Waals surface area contributed by atoms with Crippen LogP contribution in [0.4, 0.5) is 10.1 Å². The fourth-order valence-corrected chi connectivity index (χ4v) is 2.47. The number of aromatic nitrogens is 1. The quantitative estimate of drug-likeness (QED) is 0.351. The Balaban J connectivity index is 0.000000735. The number of anilines is 1. The van der Waals surface area contributed by atoms with Crippen molar-refractivity contribution >= 4 is 16.6 Å². The minimum atomic E-state index is -0.551. The zero-order valence-corrected chi connectivity index (χ0v) is 17.7. The van der Waals surface area contributed by atoms with E-state index in [-0.39, 0.29) is 5.69 Å². The van der Waals surface area contributed by atoms with Gasteiger partial charge in [0, 0.05) is 23.7 Å². The van der Waals surface area contributed by atoms with E-state index in [2.05, 4.69) is 31.8 Å². The van der Waals surface area contributed by atoms with E-state index in [0.717, 1.165) is 12.8 Å². The van der Waals surface area contributed by atoms with Crippen molar-refractivity contribution in [3.8, 4) is 23.3 Å². The number of nitrogens with two attached hydrogens (primary N) is 1. The maximum absolute atomic E-state index is 13.6. The van der Waals surface area contributed by atoms with Crippen molar-refractivity contribution in [1.82, 2.24) is 4.98 Å². The molecule has 2 N–H and O–H groups in total. The fraction of sp³-hybridized carbons (Fsp3) is 0.333. The van der Waals surface area contributed by atoms with Crippen LogP contribution in [-0.4, -0.2) is 11.6 Å². The van der Waals surface area contributed by atoms with E-state index < -0.39 is 5.82 Å². The minimum Gasteiger partial charge on any atom is -0.492 e. The van der Waals surface area contributed by atoms with Crippen molar-refractivity contribution < 1.29 is 13.9 Å². The number of benzene rings is 2. The summed E-state index contributed by atoms with van der Waals surface area (Å²) < 4.78 is 25.1. The van der Waals surface area contributed by atoms with Crippen LogP contribution >= 0.6 is 0 Å². The summed E-state index contributed by atoms with van der Waals surface area (Å²) >= 11 is 0. The van der Waals surface area contributed by atoms with Crippen molar-refractivity contribution in [3.63, 3.8) is 0 Å². The Morgan fingerprint density at radius 2 is 1.80 bits per heavy atom. The van der Waals surface area contributed by atoms with Gasteiger partial charge in [0.25, 0.3) is 0 Å². The van der Waals surface area contributed by atoms with Gasteiger partial charge in [-0.2, -0.15) is 5.26 Å². The molecule has 0 saturated heterocycles. The van der Waals surface area contributed by atoms with Crippen LogP contribution in [0.25, 0.3) is 10.9 Å². The van der Waals surface area contributed by atoms with Gasteiger partial charge in [-0.05, 0) is 30.7 Å². The Hall–Kier alpha value is -3.33. The summed E-state index contributed by atoms with van der Waals surface area (Å²) in [6.07, 6.45) is 6.14. The molecule has 2 aromatic carbocycles. The third-order valence-electron chi connectivity index (χ3n) is 4.38. The highest BCUT2D eigenvalue weighted by Gasteiger charge is 2.12. The normalized spacial score (nSPS) is 10.1. The van der Waals surface area contributed by atoms with Gasteiger partial charge in [0.2, 0.25) is 0 Å². The Morgan fingerprint density at radius 3 is 2.43 bits per heavy atom. The van der Waals surface area contributed by atoms with Gasteiger partial charge in [-0.3, -0.25) is 4.98 Å². The number of nitrogens with zero attached hydrogens (tertiary/aromatic N) is 2. The summed E-state index contributed by atoms with van der Waals surface area (Å²) in [6.45, 7) is 6.97. The van der Waals surface area contributed by atoms with Crippen LogP contribution < -0.4 is 15.2 Å². The number of fused-ring (bicyclic) bond motifs is 1. The number of rotatable bonds is 7. The van der Waals surface area contributed by atoms with E-state index in [1.807, 2.05) is 0 Å². The molecule has 3 aromatic rings. The Kier molecular flexibility index (Phi) is 8.89. The number of hydrogen-bond acceptors (Lipinski definition) is 5. The number of halogens is 1. The molecule has 0 aliphatic heterocycles. The summed E-state index contributed by atoms with van der Waals surface area (Å²) in [5.41, 5.74) is 6.57. The molecular formula is C24H28FN3O2. The van der Waals surface area contributed by atoms with Crippen LogP contribution in [0.1, 0.15) is 52.0 Å². The second-order valence-electron chi connectivity index (χ2n) is 6.77. The van der Waals surface area contributed by atoms with Crippen molar-refractivity contribution in [3.05, 3.63) is 54.0 Å². The summed E-state index contributed by atoms with van der Waals surface area (Å²) in [5, 5.41) is 10.1. The summed E-state index contributed by atoms with van der Waals surface area (Å²) in [4.78, 5) is 4.32. The highest BCUT2D eigenvalue weighted by atomic mass is 19.1. The number of unbranched alkanes of at least 4 members (excludes halogenated alkanes) is 2. The monoisotopic (exact) mass is 409 g/mol.